The molecular formula is C16H20N4O2S. The van der Waals surface area contributed by atoms with Crippen LogP contribution in [0.5, 0.6) is 0 Å². The van der Waals surface area contributed by atoms with Crippen LogP contribution in [-0.4, -0.2) is 45.7 Å². The number of aryl methyl sites for hydroxylation is 1. The number of aromatic nitrogens is 3. The molecule has 0 saturated carbocycles. The SMILES string of the molecule is Cc1ccccc1-n1cnnc1SCC(=O)NC[C@@H]1CCCO1. The minimum atomic E-state index is -0.00941. The summed E-state index contributed by atoms with van der Waals surface area (Å²) >= 11 is 1.38. The molecule has 1 aliphatic rings. The highest BCUT2D eigenvalue weighted by Crippen LogP contribution is 2.21. The number of benzene rings is 1. The first kappa shape index (κ1) is 16.0. The number of nitrogens with one attached hydrogen (secondary N) is 1. The first-order valence-electron chi connectivity index (χ1n) is 7.71. The number of amides is 1. The molecule has 0 aliphatic carbocycles. The number of ether oxygens (including phenoxy) is 1. The predicted octanol–water partition coefficient (Wildman–Crippen LogP) is 1.96. The first-order chi connectivity index (χ1) is 11.2. The maximum Gasteiger partial charge on any atom is 0.230 e. The number of carbonyl (C=O) groups is 1. The van der Waals surface area contributed by atoms with E-state index in [1.165, 1.54) is 11.8 Å². The van der Waals surface area contributed by atoms with Gasteiger partial charge in [-0.2, -0.15) is 0 Å². The van der Waals surface area contributed by atoms with E-state index in [9.17, 15) is 4.79 Å². The van der Waals surface area contributed by atoms with Crippen LogP contribution in [0.15, 0.2) is 35.7 Å². The Bertz CT molecular complexity index is 668. The molecule has 1 aromatic heterocycles. The van der Waals surface area contributed by atoms with Crippen molar-refractivity contribution in [3.63, 3.8) is 0 Å². The van der Waals surface area contributed by atoms with E-state index < -0.39 is 0 Å². The fourth-order valence-corrected chi connectivity index (χ4v) is 3.29. The molecule has 1 aromatic carbocycles. The van der Waals surface area contributed by atoms with E-state index in [0.29, 0.717) is 17.5 Å². The largest absolute Gasteiger partial charge is 0.376 e. The van der Waals surface area contributed by atoms with Crippen molar-refractivity contribution in [2.45, 2.75) is 31.0 Å². The molecule has 1 atom stereocenters. The van der Waals surface area contributed by atoms with Gasteiger partial charge in [-0.3, -0.25) is 9.36 Å². The summed E-state index contributed by atoms with van der Waals surface area (Å²) in [6.07, 6.45) is 3.94. The molecule has 1 saturated heterocycles. The van der Waals surface area contributed by atoms with E-state index >= 15 is 0 Å². The Morgan fingerprint density at radius 3 is 3.13 bits per heavy atom. The van der Waals surface area contributed by atoms with Gasteiger partial charge in [0.2, 0.25) is 5.91 Å². The van der Waals surface area contributed by atoms with E-state index in [4.69, 9.17) is 4.74 Å². The topological polar surface area (TPSA) is 69.0 Å². The van der Waals surface area contributed by atoms with E-state index in [0.717, 1.165) is 30.7 Å². The molecule has 0 spiro atoms. The van der Waals surface area contributed by atoms with Crippen molar-refractivity contribution < 1.29 is 9.53 Å². The Hall–Kier alpha value is -1.86. The number of thioether (sulfide) groups is 1. The fraction of sp³-hybridized carbons (Fsp3) is 0.438. The van der Waals surface area contributed by atoms with Gasteiger partial charge in [0.1, 0.15) is 6.33 Å². The van der Waals surface area contributed by atoms with E-state index in [2.05, 4.69) is 15.5 Å². The van der Waals surface area contributed by atoms with Gasteiger partial charge in [-0.05, 0) is 31.4 Å². The smallest absolute Gasteiger partial charge is 0.230 e. The monoisotopic (exact) mass is 332 g/mol. The minimum absolute atomic E-state index is 0.00941. The summed E-state index contributed by atoms with van der Waals surface area (Å²) in [4.78, 5) is 12.0. The number of para-hydroxylation sites is 1. The lowest BCUT2D eigenvalue weighted by molar-refractivity contribution is -0.119. The molecule has 1 aliphatic heterocycles. The van der Waals surface area contributed by atoms with Gasteiger partial charge in [0, 0.05) is 13.2 Å². The van der Waals surface area contributed by atoms with Gasteiger partial charge in [-0.15, -0.1) is 10.2 Å². The van der Waals surface area contributed by atoms with Crippen LogP contribution in [0.1, 0.15) is 18.4 Å². The molecule has 23 heavy (non-hydrogen) atoms. The van der Waals surface area contributed by atoms with Crippen LogP contribution >= 0.6 is 11.8 Å². The van der Waals surface area contributed by atoms with Crippen LogP contribution in [0.3, 0.4) is 0 Å². The number of hydrogen-bond acceptors (Lipinski definition) is 5. The highest BCUT2D eigenvalue weighted by molar-refractivity contribution is 7.99. The average molecular weight is 332 g/mol. The maximum absolute atomic E-state index is 12.0. The molecule has 0 radical (unpaired) electrons. The van der Waals surface area contributed by atoms with Crippen molar-refractivity contribution in [3.05, 3.63) is 36.2 Å². The number of nitrogens with zero attached hydrogens (tertiary/aromatic N) is 3. The van der Waals surface area contributed by atoms with Gasteiger partial charge < -0.3 is 10.1 Å². The molecular weight excluding hydrogens is 312 g/mol. The maximum atomic E-state index is 12.0. The first-order valence-corrected chi connectivity index (χ1v) is 8.70. The third-order valence-electron chi connectivity index (χ3n) is 3.77. The number of hydrogen-bond donors (Lipinski definition) is 1. The van der Waals surface area contributed by atoms with Crippen LogP contribution in [0.2, 0.25) is 0 Å². The normalized spacial score (nSPS) is 17.3. The summed E-state index contributed by atoms with van der Waals surface area (Å²) in [5.41, 5.74) is 2.16. The zero-order valence-electron chi connectivity index (χ0n) is 13.1. The van der Waals surface area contributed by atoms with E-state index in [1.807, 2.05) is 35.8 Å². The molecule has 3 rings (SSSR count). The van der Waals surface area contributed by atoms with Crippen LogP contribution in [0.25, 0.3) is 5.69 Å². The van der Waals surface area contributed by atoms with E-state index in [-0.39, 0.29) is 12.0 Å². The molecule has 0 bridgehead atoms. The lowest BCUT2D eigenvalue weighted by Gasteiger charge is -2.11. The van der Waals surface area contributed by atoms with Crippen molar-refractivity contribution in [2.75, 3.05) is 18.9 Å². The zero-order chi connectivity index (χ0) is 16.1. The molecule has 0 unspecified atom stereocenters. The van der Waals surface area contributed by atoms with Crippen molar-refractivity contribution in [2.24, 2.45) is 0 Å². The van der Waals surface area contributed by atoms with Crippen LogP contribution in [-0.2, 0) is 9.53 Å². The second-order valence-electron chi connectivity index (χ2n) is 5.50. The quantitative estimate of drug-likeness (QED) is 0.819. The molecule has 7 heteroatoms. The molecule has 1 fully saturated rings. The van der Waals surface area contributed by atoms with Crippen molar-refractivity contribution >= 4 is 17.7 Å². The Kier molecular flexibility index (Phi) is 5.30. The predicted molar refractivity (Wildman–Crippen MR) is 88.8 cm³/mol. The highest BCUT2D eigenvalue weighted by atomic mass is 32.2. The Balaban J connectivity index is 1.55. The van der Waals surface area contributed by atoms with Crippen LogP contribution < -0.4 is 5.32 Å². The van der Waals surface area contributed by atoms with Gasteiger partial charge in [-0.1, -0.05) is 30.0 Å². The third-order valence-corrected chi connectivity index (χ3v) is 4.72. The Morgan fingerprint density at radius 1 is 1.48 bits per heavy atom. The molecule has 2 heterocycles. The highest BCUT2D eigenvalue weighted by Gasteiger charge is 2.17. The van der Waals surface area contributed by atoms with Gasteiger partial charge in [0.25, 0.3) is 0 Å². The summed E-state index contributed by atoms with van der Waals surface area (Å²) in [6.45, 7) is 3.43. The molecule has 122 valence electrons. The number of carbonyl (C=O) groups excluding carboxylic acids is 1. The Morgan fingerprint density at radius 2 is 2.35 bits per heavy atom. The molecule has 2 aromatic rings. The van der Waals surface area contributed by atoms with Crippen molar-refractivity contribution in [1.29, 1.82) is 0 Å². The third kappa shape index (κ3) is 4.11. The standard InChI is InChI=1S/C16H20N4O2S/c1-12-5-2-3-7-14(12)20-11-18-19-16(20)23-10-15(21)17-9-13-6-4-8-22-13/h2-3,5,7,11,13H,4,6,8-10H2,1H3,(H,17,21)/t13-/m0/s1. The van der Waals surface area contributed by atoms with Gasteiger partial charge in [0.15, 0.2) is 5.16 Å². The van der Waals surface area contributed by atoms with Crippen LogP contribution in [0, 0.1) is 6.92 Å². The second kappa shape index (κ2) is 7.61. The molecule has 1 N–H and O–H groups in total. The second-order valence-corrected chi connectivity index (χ2v) is 6.44. The van der Waals surface area contributed by atoms with Crippen LogP contribution in [0.4, 0.5) is 0 Å². The van der Waals surface area contributed by atoms with Gasteiger partial charge >= 0.3 is 0 Å². The van der Waals surface area contributed by atoms with E-state index in [1.54, 1.807) is 6.33 Å². The number of rotatable bonds is 6. The van der Waals surface area contributed by atoms with Gasteiger partial charge in [0.05, 0.1) is 17.5 Å². The fourth-order valence-electron chi connectivity index (χ4n) is 2.54. The Labute approximate surface area is 139 Å². The average Bonchev–Trinajstić information content (AvgIpc) is 3.23. The van der Waals surface area contributed by atoms with Crippen molar-refractivity contribution in [3.8, 4) is 5.69 Å². The van der Waals surface area contributed by atoms with Gasteiger partial charge in [-0.25, -0.2) is 0 Å². The lowest BCUT2D eigenvalue weighted by Crippen LogP contribution is -2.32. The van der Waals surface area contributed by atoms with Crippen molar-refractivity contribution in [1.82, 2.24) is 20.1 Å². The lowest BCUT2D eigenvalue weighted by atomic mass is 10.2. The summed E-state index contributed by atoms with van der Waals surface area (Å²) in [5, 5.41) is 11.7. The summed E-state index contributed by atoms with van der Waals surface area (Å²) in [7, 11) is 0. The summed E-state index contributed by atoms with van der Waals surface area (Å²) in [5.74, 6) is 0.307. The minimum Gasteiger partial charge on any atom is -0.376 e. The zero-order valence-corrected chi connectivity index (χ0v) is 13.9. The molecule has 6 nitrogen and oxygen atoms in total. The summed E-state index contributed by atoms with van der Waals surface area (Å²) < 4.78 is 7.41. The summed E-state index contributed by atoms with van der Waals surface area (Å²) in [6, 6.07) is 8.03. The molecule has 1 amide bonds.